The molecule has 1 saturated carbocycles. The van der Waals surface area contributed by atoms with Gasteiger partial charge in [-0.15, -0.1) is 0 Å². The number of hydrogen-bond donors (Lipinski definition) is 2. The van der Waals surface area contributed by atoms with Gasteiger partial charge < -0.3 is 10.4 Å². The molecular weight excluding hydrogens is 238 g/mol. The predicted octanol–water partition coefficient (Wildman–Crippen LogP) is 2.30. The van der Waals surface area contributed by atoms with E-state index in [0.29, 0.717) is 12.5 Å². The van der Waals surface area contributed by atoms with Crippen molar-refractivity contribution in [3.63, 3.8) is 0 Å². The molecule has 2 unspecified atom stereocenters. The minimum Gasteiger partial charge on any atom is -0.392 e. The summed E-state index contributed by atoms with van der Waals surface area (Å²) in [5.74, 6) is 1.29. The Morgan fingerprint density at radius 3 is 2.68 bits per heavy atom. The van der Waals surface area contributed by atoms with Crippen molar-refractivity contribution in [2.24, 2.45) is 5.92 Å². The Bertz CT molecular complexity index is 416. The molecule has 0 radical (unpaired) electrons. The molecule has 0 spiro atoms. The van der Waals surface area contributed by atoms with E-state index in [2.05, 4.69) is 22.2 Å². The van der Waals surface area contributed by atoms with Crippen LogP contribution in [0.3, 0.4) is 0 Å². The summed E-state index contributed by atoms with van der Waals surface area (Å²) in [4.78, 5) is 8.64. The van der Waals surface area contributed by atoms with Gasteiger partial charge in [-0.05, 0) is 39.5 Å². The van der Waals surface area contributed by atoms with Gasteiger partial charge in [-0.2, -0.15) is 0 Å². The van der Waals surface area contributed by atoms with Gasteiger partial charge in [0.25, 0.3) is 0 Å². The molecule has 2 rings (SSSR count). The van der Waals surface area contributed by atoms with Crippen LogP contribution >= 0.6 is 0 Å². The lowest BCUT2D eigenvalue weighted by molar-refractivity contribution is 0.106. The van der Waals surface area contributed by atoms with E-state index in [-0.39, 0.29) is 12.1 Å². The fourth-order valence-electron chi connectivity index (χ4n) is 2.93. The van der Waals surface area contributed by atoms with Gasteiger partial charge in [-0.3, -0.25) is 0 Å². The number of nitrogens with one attached hydrogen (secondary N) is 1. The van der Waals surface area contributed by atoms with E-state index in [1.807, 2.05) is 20.0 Å². The Morgan fingerprint density at radius 2 is 2.05 bits per heavy atom. The SMILES string of the molecule is Cc1ncc(C(C)NCC(O)C2CCCC2)c(C)n1. The summed E-state index contributed by atoms with van der Waals surface area (Å²) in [6.45, 7) is 6.66. The van der Waals surface area contributed by atoms with Gasteiger partial charge in [0.1, 0.15) is 5.82 Å². The third-order valence-corrected chi connectivity index (χ3v) is 4.18. The second-order valence-corrected chi connectivity index (χ2v) is 5.70. The molecule has 0 aromatic carbocycles. The monoisotopic (exact) mass is 263 g/mol. The van der Waals surface area contributed by atoms with Crippen LogP contribution in [0.1, 0.15) is 55.7 Å². The molecule has 106 valence electrons. The fourth-order valence-corrected chi connectivity index (χ4v) is 2.93. The van der Waals surface area contributed by atoms with Crippen molar-refractivity contribution in [1.29, 1.82) is 0 Å². The number of rotatable bonds is 5. The highest BCUT2D eigenvalue weighted by atomic mass is 16.3. The normalized spacial score (nSPS) is 19.6. The Kier molecular flexibility index (Phi) is 4.88. The van der Waals surface area contributed by atoms with E-state index in [1.54, 1.807) is 0 Å². The number of aromatic nitrogens is 2. The molecule has 4 heteroatoms. The van der Waals surface area contributed by atoms with Gasteiger partial charge >= 0.3 is 0 Å². The first-order valence-electron chi connectivity index (χ1n) is 7.29. The van der Waals surface area contributed by atoms with Crippen LogP contribution in [-0.2, 0) is 0 Å². The third-order valence-electron chi connectivity index (χ3n) is 4.18. The highest BCUT2D eigenvalue weighted by Crippen LogP contribution is 2.27. The van der Waals surface area contributed by atoms with Crippen LogP contribution < -0.4 is 5.32 Å². The summed E-state index contributed by atoms with van der Waals surface area (Å²) in [7, 11) is 0. The van der Waals surface area contributed by atoms with Crippen molar-refractivity contribution in [3.05, 3.63) is 23.3 Å². The number of hydrogen-bond acceptors (Lipinski definition) is 4. The van der Waals surface area contributed by atoms with Gasteiger partial charge in [-0.25, -0.2) is 9.97 Å². The molecule has 2 atom stereocenters. The number of aryl methyl sites for hydroxylation is 2. The second-order valence-electron chi connectivity index (χ2n) is 5.70. The highest BCUT2D eigenvalue weighted by Gasteiger charge is 2.23. The molecule has 1 aromatic rings. The molecule has 2 N–H and O–H groups in total. The highest BCUT2D eigenvalue weighted by molar-refractivity contribution is 5.19. The standard InChI is InChI=1S/C15H25N3O/c1-10(14-8-17-12(3)18-11(14)2)16-9-15(19)13-6-4-5-7-13/h8,10,13,15-16,19H,4-7,9H2,1-3H3. The average molecular weight is 263 g/mol. The van der Waals surface area contributed by atoms with Crippen molar-refractivity contribution in [2.75, 3.05) is 6.54 Å². The van der Waals surface area contributed by atoms with E-state index < -0.39 is 0 Å². The summed E-state index contributed by atoms with van der Waals surface area (Å²) < 4.78 is 0. The summed E-state index contributed by atoms with van der Waals surface area (Å²) in [5, 5.41) is 13.6. The van der Waals surface area contributed by atoms with Crippen LogP contribution in [0.15, 0.2) is 6.20 Å². The molecule has 1 aliphatic carbocycles. The molecule has 19 heavy (non-hydrogen) atoms. The Balaban J connectivity index is 1.88. The van der Waals surface area contributed by atoms with Gasteiger partial charge in [0.2, 0.25) is 0 Å². The number of aliphatic hydroxyl groups excluding tert-OH is 1. The largest absolute Gasteiger partial charge is 0.392 e. The number of nitrogens with zero attached hydrogens (tertiary/aromatic N) is 2. The summed E-state index contributed by atoms with van der Waals surface area (Å²) in [6, 6.07) is 0.177. The summed E-state index contributed by atoms with van der Waals surface area (Å²) in [5.41, 5.74) is 2.13. The molecule has 1 aromatic heterocycles. The zero-order valence-corrected chi connectivity index (χ0v) is 12.2. The topological polar surface area (TPSA) is 58.0 Å². The maximum absolute atomic E-state index is 10.2. The van der Waals surface area contributed by atoms with E-state index in [9.17, 15) is 5.11 Å². The quantitative estimate of drug-likeness (QED) is 0.856. The minimum absolute atomic E-state index is 0.177. The first kappa shape index (κ1) is 14.4. The van der Waals surface area contributed by atoms with Crippen molar-refractivity contribution >= 4 is 0 Å². The van der Waals surface area contributed by atoms with Crippen LogP contribution in [0, 0.1) is 19.8 Å². The van der Waals surface area contributed by atoms with Crippen molar-refractivity contribution in [3.8, 4) is 0 Å². The van der Waals surface area contributed by atoms with Crippen LogP contribution in [0.25, 0.3) is 0 Å². The maximum Gasteiger partial charge on any atom is 0.125 e. The van der Waals surface area contributed by atoms with Gasteiger partial charge in [0.05, 0.1) is 6.10 Å². The molecule has 0 aliphatic heterocycles. The molecule has 1 fully saturated rings. The molecule has 1 aliphatic rings. The zero-order valence-electron chi connectivity index (χ0n) is 12.2. The lowest BCUT2D eigenvalue weighted by atomic mass is 10.0. The summed E-state index contributed by atoms with van der Waals surface area (Å²) >= 11 is 0. The lowest BCUT2D eigenvalue weighted by Gasteiger charge is -2.22. The van der Waals surface area contributed by atoms with Crippen molar-refractivity contribution in [1.82, 2.24) is 15.3 Å². The predicted molar refractivity (Wildman–Crippen MR) is 75.9 cm³/mol. The van der Waals surface area contributed by atoms with Gasteiger partial charge in [-0.1, -0.05) is 12.8 Å². The molecule has 0 bridgehead atoms. The van der Waals surface area contributed by atoms with E-state index in [0.717, 1.165) is 17.1 Å². The summed E-state index contributed by atoms with van der Waals surface area (Å²) in [6.07, 6.45) is 6.53. The van der Waals surface area contributed by atoms with E-state index in [4.69, 9.17) is 0 Å². The Labute approximate surface area is 115 Å². The molecular formula is C15H25N3O. The smallest absolute Gasteiger partial charge is 0.125 e. The third kappa shape index (κ3) is 3.74. The van der Waals surface area contributed by atoms with Gasteiger partial charge in [0.15, 0.2) is 0 Å². The van der Waals surface area contributed by atoms with Crippen molar-refractivity contribution < 1.29 is 5.11 Å². The Hall–Kier alpha value is -1.00. The van der Waals surface area contributed by atoms with Crippen LogP contribution in [0.2, 0.25) is 0 Å². The molecule has 0 amide bonds. The molecule has 1 heterocycles. The lowest BCUT2D eigenvalue weighted by Crippen LogP contribution is -2.33. The first-order valence-corrected chi connectivity index (χ1v) is 7.29. The number of aliphatic hydroxyl groups is 1. The van der Waals surface area contributed by atoms with Crippen LogP contribution in [0.5, 0.6) is 0 Å². The zero-order chi connectivity index (χ0) is 13.8. The maximum atomic E-state index is 10.2. The molecule has 4 nitrogen and oxygen atoms in total. The van der Waals surface area contributed by atoms with E-state index >= 15 is 0 Å². The second kappa shape index (κ2) is 6.44. The Morgan fingerprint density at radius 1 is 1.37 bits per heavy atom. The fraction of sp³-hybridized carbons (Fsp3) is 0.733. The first-order chi connectivity index (χ1) is 9.08. The van der Waals surface area contributed by atoms with Crippen molar-refractivity contribution in [2.45, 2.75) is 58.6 Å². The minimum atomic E-state index is -0.225. The molecule has 0 saturated heterocycles. The van der Waals surface area contributed by atoms with Crippen LogP contribution in [-0.4, -0.2) is 27.7 Å². The van der Waals surface area contributed by atoms with Gasteiger partial charge in [0, 0.05) is 30.0 Å². The van der Waals surface area contributed by atoms with Crippen LogP contribution in [0.4, 0.5) is 0 Å². The van der Waals surface area contributed by atoms with E-state index in [1.165, 1.54) is 25.7 Å². The average Bonchev–Trinajstić information content (AvgIpc) is 2.89.